The topological polar surface area (TPSA) is 113 Å². The van der Waals surface area contributed by atoms with Gasteiger partial charge in [-0.2, -0.15) is 0 Å². The van der Waals surface area contributed by atoms with Crippen molar-refractivity contribution in [2.24, 2.45) is 11.7 Å². The average molecular weight is 273 g/mol. The molecule has 0 saturated carbocycles. The first-order valence-corrected chi connectivity index (χ1v) is 6.35. The Morgan fingerprint density at radius 1 is 1.26 bits per heavy atom. The number of hydrogen-bond acceptors (Lipinski definition) is 3. The maximum Gasteiger partial charge on any atom is 0.323 e. The van der Waals surface area contributed by atoms with Crippen molar-refractivity contribution in [3.05, 3.63) is 0 Å². The van der Waals surface area contributed by atoms with Crippen LogP contribution in [0.15, 0.2) is 0 Å². The summed E-state index contributed by atoms with van der Waals surface area (Å²) in [6, 6.07) is -0.393. The fourth-order valence-corrected chi connectivity index (χ4v) is 1.55. The van der Waals surface area contributed by atoms with Gasteiger partial charge in [0.05, 0.1) is 0 Å². The highest BCUT2D eigenvalue weighted by atomic mass is 16.4. The molecule has 110 valence electrons. The molecule has 0 aromatic carbocycles. The van der Waals surface area contributed by atoms with E-state index < -0.39 is 12.0 Å². The first-order chi connectivity index (χ1) is 8.82. The zero-order valence-electron chi connectivity index (χ0n) is 11.5. The largest absolute Gasteiger partial charge is 0.480 e. The van der Waals surface area contributed by atoms with Crippen molar-refractivity contribution < 1.29 is 19.5 Å². The number of unbranched alkanes of at least 4 members (excludes halogenated alkanes) is 1. The van der Waals surface area contributed by atoms with Crippen LogP contribution in [0, 0.1) is 5.92 Å². The molecule has 0 aliphatic rings. The van der Waals surface area contributed by atoms with E-state index in [1.807, 2.05) is 13.8 Å². The van der Waals surface area contributed by atoms with Gasteiger partial charge in [0.15, 0.2) is 0 Å². The van der Waals surface area contributed by atoms with Crippen molar-refractivity contribution in [1.82, 2.24) is 10.2 Å². The molecule has 0 radical (unpaired) electrons. The monoisotopic (exact) mass is 273 g/mol. The average Bonchev–Trinajstić information content (AvgIpc) is 2.25. The van der Waals surface area contributed by atoms with E-state index in [0.29, 0.717) is 32.4 Å². The second-order valence-electron chi connectivity index (χ2n) is 4.82. The predicted molar refractivity (Wildman–Crippen MR) is 70.5 cm³/mol. The highest BCUT2D eigenvalue weighted by Crippen LogP contribution is 2.00. The molecule has 0 aromatic rings. The Bertz CT molecular complexity index is 318. The van der Waals surface area contributed by atoms with E-state index in [4.69, 9.17) is 10.8 Å². The standard InChI is InChI=1S/C12H23N3O4/c1-9(2)7-15(8-11(17)18)12(19)14-6-4-3-5-10(13)16/h9H,3-8H2,1-2H3,(H2,13,16)(H,14,19)(H,17,18). The van der Waals surface area contributed by atoms with Gasteiger partial charge in [0, 0.05) is 19.5 Å². The number of nitrogens with two attached hydrogens (primary N) is 1. The van der Waals surface area contributed by atoms with Gasteiger partial charge in [0.2, 0.25) is 5.91 Å². The Morgan fingerprint density at radius 2 is 1.89 bits per heavy atom. The summed E-state index contributed by atoms with van der Waals surface area (Å²) in [7, 11) is 0. The van der Waals surface area contributed by atoms with Crippen LogP contribution in [0.1, 0.15) is 33.1 Å². The lowest BCUT2D eigenvalue weighted by Gasteiger charge is -2.23. The number of nitrogens with zero attached hydrogens (tertiary/aromatic N) is 1. The molecule has 3 amide bonds. The summed E-state index contributed by atoms with van der Waals surface area (Å²) < 4.78 is 0. The predicted octanol–water partition coefficient (Wildman–Crippen LogP) is 0.394. The van der Waals surface area contributed by atoms with Gasteiger partial charge in [-0.05, 0) is 18.8 Å². The fourth-order valence-electron chi connectivity index (χ4n) is 1.55. The van der Waals surface area contributed by atoms with Crippen LogP contribution < -0.4 is 11.1 Å². The highest BCUT2D eigenvalue weighted by Gasteiger charge is 2.17. The van der Waals surface area contributed by atoms with Crippen LogP contribution in [-0.2, 0) is 9.59 Å². The molecular weight excluding hydrogens is 250 g/mol. The Labute approximate surface area is 113 Å². The molecule has 7 heteroatoms. The molecule has 0 spiro atoms. The van der Waals surface area contributed by atoms with E-state index in [1.165, 1.54) is 4.90 Å². The first kappa shape index (κ1) is 17.2. The Kier molecular flexibility index (Phi) is 8.32. The van der Waals surface area contributed by atoms with Gasteiger partial charge in [-0.25, -0.2) is 4.79 Å². The molecule has 7 nitrogen and oxygen atoms in total. The van der Waals surface area contributed by atoms with Crippen LogP contribution in [-0.4, -0.2) is 47.5 Å². The zero-order valence-corrected chi connectivity index (χ0v) is 11.5. The quantitative estimate of drug-likeness (QED) is 0.527. The highest BCUT2D eigenvalue weighted by molar-refractivity contribution is 5.80. The van der Waals surface area contributed by atoms with Crippen LogP contribution in [0.4, 0.5) is 4.79 Å². The molecule has 0 saturated heterocycles. The minimum atomic E-state index is -1.04. The second kappa shape index (κ2) is 9.18. The van der Waals surface area contributed by atoms with Gasteiger partial charge in [-0.15, -0.1) is 0 Å². The van der Waals surface area contributed by atoms with Crippen molar-refractivity contribution in [1.29, 1.82) is 0 Å². The number of carboxylic acids is 1. The summed E-state index contributed by atoms with van der Waals surface area (Å²) in [4.78, 5) is 34.2. The van der Waals surface area contributed by atoms with E-state index >= 15 is 0 Å². The zero-order chi connectivity index (χ0) is 14.8. The molecule has 0 unspecified atom stereocenters. The lowest BCUT2D eigenvalue weighted by atomic mass is 10.2. The maximum absolute atomic E-state index is 11.8. The summed E-state index contributed by atoms with van der Waals surface area (Å²) in [5.74, 6) is -1.21. The number of rotatable bonds is 9. The van der Waals surface area contributed by atoms with Gasteiger partial charge >= 0.3 is 12.0 Å². The van der Waals surface area contributed by atoms with E-state index in [-0.39, 0.29) is 18.4 Å². The van der Waals surface area contributed by atoms with E-state index in [2.05, 4.69) is 5.32 Å². The van der Waals surface area contributed by atoms with Gasteiger partial charge in [0.25, 0.3) is 0 Å². The molecule has 0 aliphatic heterocycles. The molecule has 19 heavy (non-hydrogen) atoms. The normalized spacial score (nSPS) is 10.3. The number of carboxylic acid groups (broad SMARTS) is 1. The van der Waals surface area contributed by atoms with Gasteiger partial charge in [-0.3, -0.25) is 9.59 Å². The Balaban J connectivity index is 4.03. The number of urea groups is 1. The lowest BCUT2D eigenvalue weighted by molar-refractivity contribution is -0.137. The third kappa shape index (κ3) is 9.87. The van der Waals surface area contributed by atoms with E-state index in [9.17, 15) is 14.4 Å². The molecule has 0 atom stereocenters. The molecule has 0 aliphatic carbocycles. The molecule has 0 fully saturated rings. The molecule has 0 aromatic heterocycles. The van der Waals surface area contributed by atoms with E-state index in [0.717, 1.165) is 0 Å². The molecular formula is C12H23N3O4. The van der Waals surface area contributed by atoms with Crippen molar-refractivity contribution >= 4 is 17.9 Å². The maximum atomic E-state index is 11.8. The van der Waals surface area contributed by atoms with Gasteiger partial charge < -0.3 is 21.1 Å². The number of nitrogens with one attached hydrogen (secondary N) is 1. The SMILES string of the molecule is CC(C)CN(CC(=O)O)C(=O)NCCCCC(N)=O. The van der Waals surface area contributed by atoms with Crippen LogP contribution in [0.3, 0.4) is 0 Å². The van der Waals surface area contributed by atoms with Crippen LogP contribution in [0.5, 0.6) is 0 Å². The number of carbonyl (C=O) groups is 3. The van der Waals surface area contributed by atoms with Crippen molar-refractivity contribution in [3.63, 3.8) is 0 Å². The fraction of sp³-hybridized carbons (Fsp3) is 0.750. The summed E-state index contributed by atoms with van der Waals surface area (Å²) >= 11 is 0. The van der Waals surface area contributed by atoms with Crippen molar-refractivity contribution in [2.75, 3.05) is 19.6 Å². The van der Waals surface area contributed by atoms with E-state index in [1.54, 1.807) is 0 Å². The van der Waals surface area contributed by atoms with Crippen LogP contribution in [0.25, 0.3) is 0 Å². The molecule has 0 bridgehead atoms. The third-order valence-electron chi connectivity index (χ3n) is 2.33. The third-order valence-corrected chi connectivity index (χ3v) is 2.33. The number of amides is 3. The number of carbonyl (C=O) groups excluding carboxylic acids is 2. The molecule has 0 heterocycles. The minimum absolute atomic E-state index is 0.194. The summed E-state index contributed by atoms with van der Waals surface area (Å²) in [5.41, 5.74) is 4.99. The van der Waals surface area contributed by atoms with Crippen molar-refractivity contribution in [3.8, 4) is 0 Å². The van der Waals surface area contributed by atoms with Crippen LogP contribution >= 0.6 is 0 Å². The number of primary amides is 1. The summed E-state index contributed by atoms with van der Waals surface area (Å²) in [6.07, 6.45) is 1.54. The second-order valence-corrected chi connectivity index (χ2v) is 4.82. The minimum Gasteiger partial charge on any atom is -0.480 e. The summed E-state index contributed by atoms with van der Waals surface area (Å²) in [6.45, 7) is 4.30. The first-order valence-electron chi connectivity index (χ1n) is 6.35. The van der Waals surface area contributed by atoms with Crippen LogP contribution in [0.2, 0.25) is 0 Å². The number of hydrogen-bond donors (Lipinski definition) is 3. The van der Waals surface area contributed by atoms with Crippen molar-refractivity contribution in [2.45, 2.75) is 33.1 Å². The Morgan fingerprint density at radius 3 is 2.37 bits per heavy atom. The van der Waals surface area contributed by atoms with Gasteiger partial charge in [-0.1, -0.05) is 13.8 Å². The molecule has 4 N–H and O–H groups in total. The smallest absolute Gasteiger partial charge is 0.323 e. The Hall–Kier alpha value is -1.79. The van der Waals surface area contributed by atoms with Gasteiger partial charge in [0.1, 0.15) is 6.54 Å². The number of aliphatic carboxylic acids is 1. The lowest BCUT2D eigenvalue weighted by Crippen LogP contribution is -2.44. The molecule has 0 rings (SSSR count). The summed E-state index contributed by atoms with van der Waals surface area (Å²) in [5, 5.41) is 11.4.